The maximum Gasteiger partial charge on any atom is 0.323 e. The lowest BCUT2D eigenvalue weighted by molar-refractivity contribution is 0.242. The predicted octanol–water partition coefficient (Wildman–Crippen LogP) is 5.86. The molecular formula is C34H42N10OS. The van der Waals surface area contributed by atoms with Gasteiger partial charge in [-0.1, -0.05) is 43.7 Å². The number of nitriles is 1. The van der Waals surface area contributed by atoms with E-state index >= 15 is 0 Å². The number of thioether (sulfide) groups is 1. The molecule has 1 aliphatic heterocycles. The number of hydrogen-bond acceptors (Lipinski definition) is 9. The van der Waals surface area contributed by atoms with Crippen molar-refractivity contribution in [2.24, 2.45) is 7.05 Å². The number of pyridine rings is 1. The van der Waals surface area contributed by atoms with E-state index in [1.54, 1.807) is 10.9 Å². The van der Waals surface area contributed by atoms with Crippen molar-refractivity contribution in [2.45, 2.75) is 51.6 Å². The van der Waals surface area contributed by atoms with Crippen LogP contribution in [0.25, 0.3) is 11.1 Å². The highest BCUT2D eigenvalue weighted by Crippen LogP contribution is 2.26. The van der Waals surface area contributed by atoms with E-state index in [1.807, 2.05) is 84.8 Å². The average Bonchev–Trinajstić information content (AvgIpc) is 3.54. The van der Waals surface area contributed by atoms with Gasteiger partial charge in [0.15, 0.2) is 5.82 Å². The molecule has 5 rings (SSSR count). The first-order valence-corrected chi connectivity index (χ1v) is 17.1. The Balaban J connectivity index is 1.24. The zero-order valence-electron chi connectivity index (χ0n) is 26.6. The van der Waals surface area contributed by atoms with Gasteiger partial charge in [0.1, 0.15) is 17.5 Å². The number of nitrogens with one attached hydrogen (secondary N) is 2. The monoisotopic (exact) mass is 638 g/mol. The number of nitrogens with zero attached hydrogens (tertiary/aromatic N) is 8. The Bertz CT molecular complexity index is 1580. The number of aromatic nitrogens is 5. The van der Waals surface area contributed by atoms with Crippen LogP contribution in [0, 0.1) is 11.3 Å². The fourth-order valence-electron chi connectivity index (χ4n) is 5.58. The van der Waals surface area contributed by atoms with Crippen LogP contribution in [0.15, 0.2) is 67.3 Å². The first-order chi connectivity index (χ1) is 22.6. The maximum atomic E-state index is 13.8. The minimum Gasteiger partial charge on any atom is -0.354 e. The van der Waals surface area contributed by atoms with Gasteiger partial charge in [0.25, 0.3) is 0 Å². The minimum absolute atomic E-state index is 0.0211. The second-order valence-corrected chi connectivity index (χ2v) is 12.6. The number of carbonyl (C=O) groups excluding carboxylic acids is 1. The van der Waals surface area contributed by atoms with Gasteiger partial charge in [0, 0.05) is 74.3 Å². The molecule has 1 aliphatic rings. The number of hydrogen-bond donors (Lipinski definition) is 2. The molecule has 0 saturated carbocycles. The largest absolute Gasteiger partial charge is 0.354 e. The van der Waals surface area contributed by atoms with Crippen LogP contribution in [0.5, 0.6) is 0 Å². The minimum atomic E-state index is -0.156. The smallest absolute Gasteiger partial charge is 0.323 e. The van der Waals surface area contributed by atoms with E-state index in [2.05, 4.69) is 38.6 Å². The molecule has 0 bridgehead atoms. The van der Waals surface area contributed by atoms with E-state index in [9.17, 15) is 10.1 Å². The second kappa shape index (κ2) is 16.6. The molecule has 46 heavy (non-hydrogen) atoms. The molecular weight excluding hydrogens is 597 g/mol. The normalized spacial score (nSPS) is 13.5. The van der Waals surface area contributed by atoms with Gasteiger partial charge in [0.2, 0.25) is 5.95 Å². The van der Waals surface area contributed by atoms with Crippen molar-refractivity contribution in [3.63, 3.8) is 0 Å². The summed E-state index contributed by atoms with van der Waals surface area (Å²) in [4.78, 5) is 31.6. The Morgan fingerprint density at radius 1 is 1.04 bits per heavy atom. The Morgan fingerprint density at radius 3 is 2.57 bits per heavy atom. The van der Waals surface area contributed by atoms with Gasteiger partial charge >= 0.3 is 6.03 Å². The summed E-state index contributed by atoms with van der Waals surface area (Å²) >= 11 is 1.92. The van der Waals surface area contributed by atoms with Gasteiger partial charge in [-0.25, -0.2) is 14.8 Å². The van der Waals surface area contributed by atoms with E-state index in [-0.39, 0.29) is 12.1 Å². The van der Waals surface area contributed by atoms with Crippen LogP contribution in [0.3, 0.4) is 0 Å². The molecule has 240 valence electrons. The molecule has 4 aromatic rings. The third-order valence-electron chi connectivity index (χ3n) is 7.97. The molecule has 1 aromatic carbocycles. The fraction of sp³-hybridized carbons (Fsp3) is 0.412. The van der Waals surface area contributed by atoms with Crippen molar-refractivity contribution < 1.29 is 4.79 Å². The topological polar surface area (TPSA) is 128 Å². The highest BCUT2D eigenvalue weighted by Gasteiger charge is 2.26. The van der Waals surface area contributed by atoms with Crippen molar-refractivity contribution in [2.75, 3.05) is 46.3 Å². The van der Waals surface area contributed by atoms with Gasteiger partial charge < -0.3 is 15.5 Å². The van der Waals surface area contributed by atoms with Crippen molar-refractivity contribution in [1.82, 2.24) is 30.0 Å². The number of benzene rings is 1. The third-order valence-corrected chi connectivity index (χ3v) is 8.91. The molecule has 2 amide bonds. The van der Waals surface area contributed by atoms with Gasteiger partial charge in [0.05, 0.1) is 12.4 Å². The predicted molar refractivity (Wildman–Crippen MR) is 185 cm³/mol. The number of carbonyl (C=O) groups is 1. The van der Waals surface area contributed by atoms with Crippen LogP contribution < -0.4 is 20.4 Å². The lowest BCUT2D eigenvalue weighted by atomic mass is 10.0. The Morgan fingerprint density at radius 2 is 1.87 bits per heavy atom. The zero-order valence-corrected chi connectivity index (χ0v) is 27.4. The Kier molecular flexibility index (Phi) is 11.8. The SMILES string of the molecule is CCCC(CCCCNc1ncc(C#N)c(N2CCSCC2)n1)N(C(=O)NCc1ccccc1)c1ccc(-c2cnn(C)c2)cn1. The summed E-state index contributed by atoms with van der Waals surface area (Å²) in [6, 6.07) is 15.9. The Hall–Kier alpha value is -4.63. The van der Waals surface area contributed by atoms with E-state index < -0.39 is 0 Å². The van der Waals surface area contributed by atoms with Crippen LogP contribution >= 0.6 is 11.8 Å². The summed E-state index contributed by atoms with van der Waals surface area (Å²) in [7, 11) is 1.89. The summed E-state index contributed by atoms with van der Waals surface area (Å²) < 4.78 is 1.76. The first-order valence-electron chi connectivity index (χ1n) is 16.0. The summed E-state index contributed by atoms with van der Waals surface area (Å²) in [6.45, 7) is 5.04. The van der Waals surface area contributed by atoms with Crippen LogP contribution in [-0.2, 0) is 13.6 Å². The molecule has 12 heteroatoms. The van der Waals surface area contributed by atoms with E-state index in [0.29, 0.717) is 36.2 Å². The summed E-state index contributed by atoms with van der Waals surface area (Å²) in [5.74, 6) is 3.94. The number of aryl methyl sites for hydroxylation is 1. The highest BCUT2D eigenvalue weighted by atomic mass is 32.2. The zero-order chi connectivity index (χ0) is 32.1. The van der Waals surface area contributed by atoms with Crippen molar-refractivity contribution in [3.8, 4) is 17.2 Å². The van der Waals surface area contributed by atoms with E-state index in [0.717, 1.165) is 73.4 Å². The number of urea groups is 1. The molecule has 0 radical (unpaired) electrons. The molecule has 4 heterocycles. The van der Waals surface area contributed by atoms with Crippen LogP contribution in [0.2, 0.25) is 0 Å². The highest BCUT2D eigenvalue weighted by molar-refractivity contribution is 7.99. The van der Waals surface area contributed by atoms with E-state index in [4.69, 9.17) is 9.97 Å². The number of rotatable bonds is 14. The van der Waals surface area contributed by atoms with Gasteiger partial charge in [-0.15, -0.1) is 0 Å². The lowest BCUT2D eigenvalue weighted by Crippen LogP contribution is -2.46. The van der Waals surface area contributed by atoms with Crippen molar-refractivity contribution in [3.05, 3.63) is 78.4 Å². The van der Waals surface area contributed by atoms with Crippen LogP contribution in [0.1, 0.15) is 50.2 Å². The standard InChI is InChI=1S/C34H42N10OS/c1-3-9-30(12-7-8-15-36-33-38-23-28(20-35)32(41-33)43-16-18-46-19-17-43)44(34(45)39-21-26-10-5-4-6-11-26)31-14-13-27(22-37-31)29-24-40-42(2)25-29/h4-6,10-11,13-14,22-25,30H,3,7-9,12,15-19,21H2,1-2H3,(H,39,45)(H,36,38,41). The number of amides is 2. The molecule has 11 nitrogen and oxygen atoms in total. The summed E-state index contributed by atoms with van der Waals surface area (Å²) in [5.41, 5.74) is 3.48. The average molecular weight is 639 g/mol. The maximum absolute atomic E-state index is 13.8. The Labute approximate surface area is 275 Å². The third kappa shape index (κ3) is 8.75. The van der Waals surface area contributed by atoms with Gasteiger partial charge in [-0.05, 0) is 43.4 Å². The van der Waals surface area contributed by atoms with E-state index in [1.165, 1.54) is 0 Å². The molecule has 1 atom stereocenters. The van der Waals surface area contributed by atoms with Crippen LogP contribution in [0.4, 0.5) is 22.4 Å². The summed E-state index contributed by atoms with van der Waals surface area (Å²) in [5, 5.41) is 20.3. The molecule has 2 N–H and O–H groups in total. The number of unbranched alkanes of at least 4 members (excludes halogenated alkanes) is 1. The van der Waals surface area contributed by atoms with Gasteiger partial charge in [-0.3, -0.25) is 9.58 Å². The second-order valence-electron chi connectivity index (χ2n) is 11.3. The van der Waals surface area contributed by atoms with Gasteiger partial charge in [-0.2, -0.15) is 27.1 Å². The fourth-order valence-corrected chi connectivity index (χ4v) is 6.48. The van der Waals surface area contributed by atoms with Crippen LogP contribution in [-0.4, -0.2) is 67.9 Å². The van der Waals surface area contributed by atoms with Crippen molar-refractivity contribution >= 4 is 35.4 Å². The molecule has 0 aliphatic carbocycles. The lowest BCUT2D eigenvalue weighted by Gasteiger charge is -2.31. The quantitative estimate of drug-likeness (QED) is 0.163. The first kappa shape index (κ1) is 32.8. The molecule has 3 aromatic heterocycles. The molecule has 1 fully saturated rings. The van der Waals surface area contributed by atoms with Crippen molar-refractivity contribution in [1.29, 1.82) is 5.26 Å². The molecule has 0 spiro atoms. The number of anilines is 3. The molecule has 1 unspecified atom stereocenters. The molecule has 1 saturated heterocycles. The summed E-state index contributed by atoms with van der Waals surface area (Å²) in [6.07, 6.45) is 11.6.